The predicted molar refractivity (Wildman–Crippen MR) is 111 cm³/mol. The molecule has 1 amide bonds. The highest BCUT2D eigenvalue weighted by Gasteiger charge is 2.14. The molecule has 2 aromatic heterocycles. The van der Waals surface area contributed by atoms with Crippen molar-refractivity contribution < 1.29 is 4.79 Å². The van der Waals surface area contributed by atoms with E-state index in [1.807, 2.05) is 37.3 Å². The van der Waals surface area contributed by atoms with Gasteiger partial charge in [-0.15, -0.1) is 0 Å². The Labute approximate surface area is 165 Å². The number of rotatable bonds is 5. The first-order valence-electron chi connectivity index (χ1n) is 9.22. The van der Waals surface area contributed by atoms with E-state index in [4.69, 9.17) is 0 Å². The Balaban J connectivity index is 1.71. The number of hydrogen-bond acceptors (Lipinski definition) is 5. The molecule has 2 N–H and O–H groups in total. The summed E-state index contributed by atoms with van der Waals surface area (Å²) in [5.74, 6) is 0.133. The molecule has 0 aliphatic carbocycles. The molecule has 0 saturated heterocycles. The highest BCUT2D eigenvalue weighted by atomic mass is 16.1. The number of nitrogens with one attached hydrogen (secondary N) is 2. The summed E-state index contributed by atoms with van der Waals surface area (Å²) in [5.41, 5.74) is 4.04. The fraction of sp³-hybridized carbons (Fsp3) is 0.273. The quantitative estimate of drug-likeness (QED) is 0.700. The van der Waals surface area contributed by atoms with E-state index in [1.54, 1.807) is 12.3 Å². The fourth-order valence-electron chi connectivity index (χ4n) is 2.69. The van der Waals surface area contributed by atoms with Gasteiger partial charge in [-0.05, 0) is 48.2 Å². The number of carbonyl (C=O) groups excluding carboxylic acids is 1. The zero-order chi connectivity index (χ0) is 20.1. The van der Waals surface area contributed by atoms with Crippen LogP contribution < -0.4 is 10.6 Å². The number of pyridine rings is 1. The second-order valence-electron chi connectivity index (χ2n) is 7.67. The number of hydrogen-bond donors (Lipinski definition) is 2. The second-order valence-corrected chi connectivity index (χ2v) is 7.67. The third-order valence-electron chi connectivity index (χ3n) is 4.25. The zero-order valence-corrected chi connectivity index (χ0v) is 16.7. The molecule has 0 fully saturated rings. The number of aryl methyl sites for hydroxylation is 1. The zero-order valence-electron chi connectivity index (χ0n) is 16.7. The normalized spacial score (nSPS) is 11.1. The third-order valence-corrected chi connectivity index (χ3v) is 4.25. The molecule has 6 nitrogen and oxygen atoms in total. The van der Waals surface area contributed by atoms with Crippen LogP contribution in [0.5, 0.6) is 0 Å². The number of amides is 1. The van der Waals surface area contributed by atoms with Gasteiger partial charge in [-0.3, -0.25) is 9.78 Å². The molecule has 6 heteroatoms. The van der Waals surface area contributed by atoms with E-state index in [2.05, 4.69) is 58.5 Å². The molecule has 0 spiro atoms. The van der Waals surface area contributed by atoms with Gasteiger partial charge in [0.05, 0.1) is 12.2 Å². The van der Waals surface area contributed by atoms with Gasteiger partial charge in [0.1, 0.15) is 5.69 Å². The first-order chi connectivity index (χ1) is 13.3. The van der Waals surface area contributed by atoms with Gasteiger partial charge >= 0.3 is 0 Å². The van der Waals surface area contributed by atoms with Crippen molar-refractivity contribution in [3.63, 3.8) is 0 Å². The van der Waals surface area contributed by atoms with E-state index in [-0.39, 0.29) is 11.3 Å². The van der Waals surface area contributed by atoms with Gasteiger partial charge in [0, 0.05) is 17.6 Å². The summed E-state index contributed by atoms with van der Waals surface area (Å²) < 4.78 is 0. The van der Waals surface area contributed by atoms with Gasteiger partial charge < -0.3 is 10.6 Å². The lowest BCUT2D eigenvalue weighted by atomic mass is 9.87. The van der Waals surface area contributed by atoms with Gasteiger partial charge in [0.2, 0.25) is 5.95 Å². The average molecular weight is 375 g/mol. The molecule has 2 heterocycles. The minimum Gasteiger partial charge on any atom is -0.345 e. The van der Waals surface area contributed by atoms with Crippen LogP contribution >= 0.6 is 0 Å². The third kappa shape index (κ3) is 5.13. The van der Waals surface area contributed by atoms with Crippen molar-refractivity contribution in [1.29, 1.82) is 0 Å². The van der Waals surface area contributed by atoms with Gasteiger partial charge in [-0.1, -0.05) is 39.0 Å². The summed E-state index contributed by atoms with van der Waals surface area (Å²) in [5, 5.41) is 6.02. The first-order valence-corrected chi connectivity index (χ1v) is 9.22. The minimum atomic E-state index is -0.262. The van der Waals surface area contributed by atoms with Crippen LogP contribution in [-0.4, -0.2) is 20.9 Å². The number of nitrogens with zero attached hydrogens (tertiary/aromatic N) is 3. The van der Waals surface area contributed by atoms with E-state index < -0.39 is 0 Å². The lowest BCUT2D eigenvalue weighted by Gasteiger charge is -2.19. The van der Waals surface area contributed by atoms with Crippen LogP contribution in [0.2, 0.25) is 0 Å². The maximum absolute atomic E-state index is 12.5. The molecule has 0 bridgehead atoms. The number of carbonyl (C=O) groups is 1. The summed E-state index contributed by atoms with van der Waals surface area (Å²) in [6.07, 6.45) is 1.70. The highest BCUT2D eigenvalue weighted by molar-refractivity contribution is 5.92. The van der Waals surface area contributed by atoms with Crippen LogP contribution in [0.3, 0.4) is 0 Å². The van der Waals surface area contributed by atoms with Crippen molar-refractivity contribution >= 4 is 17.5 Å². The van der Waals surface area contributed by atoms with E-state index in [9.17, 15) is 4.79 Å². The molecular formula is C22H25N5O. The van der Waals surface area contributed by atoms with Crippen LogP contribution in [0, 0.1) is 6.92 Å². The maximum Gasteiger partial charge on any atom is 0.270 e. The van der Waals surface area contributed by atoms with Crippen LogP contribution in [-0.2, 0) is 12.0 Å². The molecule has 1 aromatic carbocycles. The first kappa shape index (κ1) is 19.5. The van der Waals surface area contributed by atoms with Gasteiger partial charge in [-0.2, -0.15) is 0 Å². The number of anilines is 2. The Bertz CT molecular complexity index is 947. The molecule has 0 saturated carbocycles. The largest absolute Gasteiger partial charge is 0.345 e. The fourth-order valence-corrected chi connectivity index (χ4v) is 2.69. The summed E-state index contributed by atoms with van der Waals surface area (Å²) in [4.78, 5) is 25.4. The van der Waals surface area contributed by atoms with Gasteiger partial charge in [0.15, 0.2) is 0 Å². The SMILES string of the molecule is Cc1cc(C(=O)NCc2ccccn2)nc(Nc2ccc(C(C)(C)C)cc2)n1. The van der Waals surface area contributed by atoms with Crippen molar-refractivity contribution in [2.45, 2.75) is 39.7 Å². The Morgan fingerprint density at radius 3 is 2.43 bits per heavy atom. The van der Waals surface area contributed by atoms with Crippen molar-refractivity contribution in [2.75, 3.05) is 5.32 Å². The summed E-state index contributed by atoms with van der Waals surface area (Å²) in [7, 11) is 0. The number of aromatic nitrogens is 3. The summed E-state index contributed by atoms with van der Waals surface area (Å²) in [6, 6.07) is 15.4. The van der Waals surface area contributed by atoms with Crippen molar-refractivity contribution in [3.8, 4) is 0 Å². The molecule has 0 aliphatic rings. The Hall–Kier alpha value is -3.28. The van der Waals surface area contributed by atoms with Crippen LogP contribution in [0.15, 0.2) is 54.7 Å². The predicted octanol–water partition coefficient (Wildman–Crippen LogP) is 4.15. The van der Waals surface area contributed by atoms with Crippen LogP contribution in [0.1, 0.15) is 48.2 Å². The molecule has 3 rings (SSSR count). The maximum atomic E-state index is 12.5. The van der Waals surface area contributed by atoms with E-state index in [1.165, 1.54) is 5.56 Å². The van der Waals surface area contributed by atoms with Gasteiger partial charge in [0.25, 0.3) is 5.91 Å². The molecule has 28 heavy (non-hydrogen) atoms. The van der Waals surface area contributed by atoms with Crippen LogP contribution in [0.25, 0.3) is 0 Å². The minimum absolute atomic E-state index is 0.0945. The standard InChI is InChI=1S/C22H25N5O/c1-15-13-19(20(28)24-14-18-7-5-6-12-23-18)27-21(25-15)26-17-10-8-16(9-11-17)22(2,3)4/h5-13H,14H2,1-4H3,(H,24,28)(H,25,26,27). The van der Waals surface area contributed by atoms with E-state index in [0.717, 1.165) is 11.4 Å². The average Bonchev–Trinajstić information content (AvgIpc) is 2.66. The number of benzene rings is 1. The monoisotopic (exact) mass is 375 g/mol. The van der Waals surface area contributed by atoms with Crippen LogP contribution in [0.4, 0.5) is 11.6 Å². The topological polar surface area (TPSA) is 79.8 Å². The Morgan fingerprint density at radius 2 is 1.79 bits per heavy atom. The van der Waals surface area contributed by atoms with E-state index >= 15 is 0 Å². The lowest BCUT2D eigenvalue weighted by Crippen LogP contribution is -2.24. The highest BCUT2D eigenvalue weighted by Crippen LogP contribution is 2.24. The molecular weight excluding hydrogens is 350 g/mol. The molecule has 0 radical (unpaired) electrons. The molecule has 0 atom stereocenters. The molecule has 3 aromatic rings. The van der Waals surface area contributed by atoms with Gasteiger partial charge in [-0.25, -0.2) is 9.97 Å². The summed E-state index contributed by atoms with van der Waals surface area (Å²) >= 11 is 0. The Morgan fingerprint density at radius 1 is 1.04 bits per heavy atom. The molecule has 144 valence electrons. The van der Waals surface area contributed by atoms with Crippen molar-refractivity contribution in [3.05, 3.63) is 77.4 Å². The molecule has 0 aliphatic heterocycles. The van der Waals surface area contributed by atoms with E-state index in [0.29, 0.717) is 23.9 Å². The second kappa shape index (κ2) is 8.17. The van der Waals surface area contributed by atoms with Crippen molar-refractivity contribution in [2.24, 2.45) is 0 Å². The smallest absolute Gasteiger partial charge is 0.270 e. The summed E-state index contributed by atoms with van der Waals surface area (Å²) in [6.45, 7) is 8.71. The lowest BCUT2D eigenvalue weighted by molar-refractivity contribution is 0.0945. The van der Waals surface area contributed by atoms with Crippen molar-refractivity contribution in [1.82, 2.24) is 20.3 Å². The molecule has 0 unspecified atom stereocenters. The Kier molecular flexibility index (Phi) is 5.68.